The summed E-state index contributed by atoms with van der Waals surface area (Å²) in [7, 11) is 0. The van der Waals surface area contributed by atoms with Gasteiger partial charge in [-0.1, -0.05) is 44.2 Å². The number of nitrogens with one attached hydrogen (secondary N) is 2. The van der Waals surface area contributed by atoms with Crippen molar-refractivity contribution in [1.29, 1.82) is 0 Å². The zero-order valence-electron chi connectivity index (χ0n) is 19.8. The molecule has 1 aromatic rings. The van der Waals surface area contributed by atoms with Crippen molar-refractivity contribution in [2.24, 2.45) is 17.4 Å². The number of aliphatic hydroxyl groups excluding tert-OH is 1. The topological polar surface area (TPSA) is 151 Å². The fourth-order valence-electron chi connectivity index (χ4n) is 3.18. The predicted molar refractivity (Wildman–Crippen MR) is 125 cm³/mol. The lowest BCUT2D eigenvalue weighted by atomic mass is 9.99. The molecule has 7 N–H and O–H groups in total. The zero-order chi connectivity index (χ0) is 24.5. The van der Waals surface area contributed by atoms with Gasteiger partial charge in [-0.25, -0.2) is 4.79 Å². The maximum Gasteiger partial charge on any atom is 0.317 e. The third kappa shape index (κ3) is 10.6. The first-order chi connectivity index (χ1) is 14.8. The van der Waals surface area contributed by atoms with Crippen molar-refractivity contribution in [1.82, 2.24) is 15.5 Å². The van der Waals surface area contributed by atoms with Crippen LogP contribution < -0.4 is 22.1 Å². The average Bonchev–Trinajstić information content (AvgIpc) is 2.65. The average molecular weight is 450 g/mol. The van der Waals surface area contributed by atoms with Gasteiger partial charge in [-0.3, -0.25) is 9.59 Å². The maximum absolute atomic E-state index is 12.8. The van der Waals surface area contributed by atoms with Gasteiger partial charge >= 0.3 is 6.03 Å². The Morgan fingerprint density at radius 2 is 1.69 bits per heavy atom. The summed E-state index contributed by atoms with van der Waals surface area (Å²) >= 11 is 0. The van der Waals surface area contributed by atoms with Gasteiger partial charge in [0.05, 0.1) is 31.2 Å². The van der Waals surface area contributed by atoms with E-state index in [2.05, 4.69) is 10.6 Å². The lowest BCUT2D eigenvalue weighted by molar-refractivity contribution is -0.127. The molecule has 1 aromatic carbocycles. The molecule has 0 saturated carbocycles. The van der Waals surface area contributed by atoms with Crippen LogP contribution in [0.5, 0.6) is 0 Å². The van der Waals surface area contributed by atoms with Crippen LogP contribution in [0, 0.1) is 5.92 Å². The summed E-state index contributed by atoms with van der Waals surface area (Å²) < 4.78 is 0. The van der Waals surface area contributed by atoms with E-state index >= 15 is 0 Å². The van der Waals surface area contributed by atoms with Crippen molar-refractivity contribution in [3.8, 4) is 0 Å². The SMILES string of the molecule is CC(C)CN(CC(O)C(Cc1ccccc1)NC(=O)C(N)CC(N)=O)C(=O)NC(C)(C)C. The summed E-state index contributed by atoms with van der Waals surface area (Å²) in [6.45, 7) is 10.1. The van der Waals surface area contributed by atoms with Crippen LogP contribution >= 0.6 is 0 Å². The molecule has 0 spiro atoms. The minimum Gasteiger partial charge on any atom is -0.389 e. The van der Waals surface area contributed by atoms with E-state index < -0.39 is 35.5 Å². The van der Waals surface area contributed by atoms with Crippen LogP contribution in [0.1, 0.15) is 46.6 Å². The Kier molecular flexibility index (Phi) is 10.6. The molecule has 4 amide bonds. The number of aliphatic hydroxyl groups is 1. The molecule has 1 rings (SSSR count). The van der Waals surface area contributed by atoms with Gasteiger partial charge < -0.3 is 32.1 Å². The smallest absolute Gasteiger partial charge is 0.317 e. The van der Waals surface area contributed by atoms with Crippen molar-refractivity contribution in [3.63, 3.8) is 0 Å². The quantitative estimate of drug-likeness (QED) is 0.338. The Balaban J connectivity index is 3.04. The van der Waals surface area contributed by atoms with Gasteiger partial charge in [-0.15, -0.1) is 0 Å². The minimum absolute atomic E-state index is 0.0168. The lowest BCUT2D eigenvalue weighted by Gasteiger charge is -2.33. The van der Waals surface area contributed by atoms with Crippen LogP contribution in [-0.2, 0) is 16.0 Å². The second-order valence-electron chi connectivity index (χ2n) is 9.63. The summed E-state index contributed by atoms with van der Waals surface area (Å²) in [6.07, 6.45) is -1.04. The summed E-state index contributed by atoms with van der Waals surface area (Å²) in [5, 5.41) is 16.7. The standard InChI is InChI=1S/C23H39N5O4/c1-15(2)13-28(22(32)27-23(3,4)5)14-19(29)18(11-16-9-7-6-8-10-16)26-21(31)17(24)12-20(25)30/h6-10,15,17-19,29H,11-14,24H2,1-5H3,(H2,25,30)(H,26,31)(H,27,32). The van der Waals surface area contributed by atoms with E-state index in [1.165, 1.54) is 0 Å². The normalized spacial score (nSPS) is 14.4. The molecule has 0 radical (unpaired) electrons. The largest absolute Gasteiger partial charge is 0.389 e. The number of carbonyl (C=O) groups is 3. The minimum atomic E-state index is -1.12. The lowest BCUT2D eigenvalue weighted by Crippen LogP contribution is -2.56. The molecule has 0 fully saturated rings. The van der Waals surface area contributed by atoms with E-state index in [9.17, 15) is 19.5 Å². The fraction of sp³-hybridized carbons (Fsp3) is 0.609. The summed E-state index contributed by atoms with van der Waals surface area (Å²) in [4.78, 5) is 38.0. The Hall–Kier alpha value is -2.65. The second-order valence-corrected chi connectivity index (χ2v) is 9.63. The third-order valence-electron chi connectivity index (χ3n) is 4.61. The fourth-order valence-corrected chi connectivity index (χ4v) is 3.18. The molecule has 0 aliphatic carbocycles. The number of nitrogens with two attached hydrogens (primary N) is 2. The molecule has 0 aliphatic heterocycles. The van der Waals surface area contributed by atoms with Crippen molar-refractivity contribution in [2.45, 2.75) is 71.2 Å². The Bertz CT molecular complexity index is 749. The van der Waals surface area contributed by atoms with Gasteiger partial charge in [0.2, 0.25) is 11.8 Å². The molecule has 32 heavy (non-hydrogen) atoms. The van der Waals surface area contributed by atoms with E-state index in [4.69, 9.17) is 11.5 Å². The van der Waals surface area contributed by atoms with Crippen LogP contribution in [0.25, 0.3) is 0 Å². The first kappa shape index (κ1) is 27.4. The van der Waals surface area contributed by atoms with Gasteiger partial charge in [0, 0.05) is 12.1 Å². The molecular weight excluding hydrogens is 410 g/mol. The molecule has 180 valence electrons. The molecule has 0 aromatic heterocycles. The van der Waals surface area contributed by atoms with E-state index in [-0.39, 0.29) is 24.9 Å². The van der Waals surface area contributed by atoms with Gasteiger partial charge in [0.1, 0.15) is 0 Å². The monoisotopic (exact) mass is 449 g/mol. The highest BCUT2D eigenvalue weighted by atomic mass is 16.3. The number of nitrogens with zero attached hydrogens (tertiary/aromatic N) is 1. The Morgan fingerprint density at radius 3 is 2.19 bits per heavy atom. The highest BCUT2D eigenvalue weighted by Gasteiger charge is 2.29. The van der Waals surface area contributed by atoms with Crippen LogP contribution in [0.4, 0.5) is 4.79 Å². The van der Waals surface area contributed by atoms with Gasteiger partial charge in [-0.2, -0.15) is 0 Å². The molecule has 9 heteroatoms. The number of amides is 4. The number of benzene rings is 1. The summed E-state index contributed by atoms with van der Waals surface area (Å²) in [5.74, 6) is -1.09. The second kappa shape index (κ2) is 12.4. The van der Waals surface area contributed by atoms with Gasteiger partial charge in [-0.05, 0) is 38.7 Å². The van der Waals surface area contributed by atoms with Crippen molar-refractivity contribution in [3.05, 3.63) is 35.9 Å². The van der Waals surface area contributed by atoms with E-state index in [1.807, 2.05) is 65.0 Å². The number of urea groups is 1. The highest BCUT2D eigenvalue weighted by molar-refractivity contribution is 5.87. The number of hydrogen-bond acceptors (Lipinski definition) is 5. The Labute approximate surface area is 190 Å². The van der Waals surface area contributed by atoms with Crippen LogP contribution in [0.15, 0.2) is 30.3 Å². The van der Waals surface area contributed by atoms with Gasteiger partial charge in [0.15, 0.2) is 0 Å². The Morgan fingerprint density at radius 1 is 1.09 bits per heavy atom. The van der Waals surface area contributed by atoms with Crippen LogP contribution in [0.2, 0.25) is 0 Å². The first-order valence-corrected chi connectivity index (χ1v) is 10.9. The molecule has 3 unspecified atom stereocenters. The molecule has 0 bridgehead atoms. The van der Waals surface area contributed by atoms with Crippen molar-refractivity contribution >= 4 is 17.8 Å². The maximum atomic E-state index is 12.8. The summed E-state index contributed by atoms with van der Waals surface area (Å²) in [6, 6.07) is 7.23. The predicted octanol–water partition coefficient (Wildman–Crippen LogP) is 0.744. The van der Waals surface area contributed by atoms with Crippen LogP contribution in [-0.4, -0.2) is 64.7 Å². The molecule has 0 heterocycles. The van der Waals surface area contributed by atoms with Crippen LogP contribution in [0.3, 0.4) is 0 Å². The molecular formula is C23H39N5O4. The van der Waals surface area contributed by atoms with E-state index in [0.29, 0.717) is 13.0 Å². The van der Waals surface area contributed by atoms with E-state index in [1.54, 1.807) is 4.90 Å². The van der Waals surface area contributed by atoms with Crippen molar-refractivity contribution < 1.29 is 19.5 Å². The third-order valence-corrected chi connectivity index (χ3v) is 4.61. The number of rotatable bonds is 11. The molecule has 3 atom stereocenters. The number of hydrogen-bond donors (Lipinski definition) is 5. The zero-order valence-corrected chi connectivity index (χ0v) is 19.8. The first-order valence-electron chi connectivity index (χ1n) is 10.9. The number of carbonyl (C=O) groups excluding carboxylic acids is 3. The van der Waals surface area contributed by atoms with E-state index in [0.717, 1.165) is 5.56 Å². The summed E-state index contributed by atoms with van der Waals surface area (Å²) in [5.41, 5.74) is 11.4. The molecule has 0 aliphatic rings. The van der Waals surface area contributed by atoms with Crippen molar-refractivity contribution in [2.75, 3.05) is 13.1 Å². The highest BCUT2D eigenvalue weighted by Crippen LogP contribution is 2.11. The molecule has 0 saturated heterocycles. The molecule has 9 nitrogen and oxygen atoms in total. The number of primary amides is 1. The van der Waals surface area contributed by atoms with Gasteiger partial charge in [0.25, 0.3) is 0 Å².